The van der Waals surface area contributed by atoms with Crippen molar-refractivity contribution in [2.24, 2.45) is 0 Å². The summed E-state index contributed by atoms with van der Waals surface area (Å²) in [7, 11) is 0. The number of fused-ring (bicyclic) bond motifs is 1. The van der Waals surface area contributed by atoms with Crippen LogP contribution >= 0.6 is 0 Å². The Labute approximate surface area is 110 Å². The van der Waals surface area contributed by atoms with Crippen LogP contribution in [0, 0.1) is 0 Å². The summed E-state index contributed by atoms with van der Waals surface area (Å²) in [5.41, 5.74) is 2.14. The van der Waals surface area contributed by atoms with Gasteiger partial charge in [-0.2, -0.15) is 0 Å². The molecule has 90 valence electrons. The average Bonchev–Trinajstić information content (AvgIpc) is 2.79. The normalized spacial score (nSPS) is 11.3. The first kappa shape index (κ1) is 11.4. The van der Waals surface area contributed by atoms with E-state index < -0.39 is 13.9 Å². The molecule has 3 heterocycles. The minimum atomic E-state index is -0.807. The van der Waals surface area contributed by atoms with Crippen molar-refractivity contribution in [3.05, 3.63) is 48.8 Å². The summed E-state index contributed by atoms with van der Waals surface area (Å²) in [4.78, 5) is 9.22. The van der Waals surface area contributed by atoms with Crippen molar-refractivity contribution in [3.8, 4) is 11.5 Å². The molecular weight excluding hydrogens is 289 g/mol. The third kappa shape index (κ3) is 1.84. The van der Waals surface area contributed by atoms with Gasteiger partial charge in [0.25, 0.3) is 0 Å². The molecule has 0 spiro atoms. The summed E-state index contributed by atoms with van der Waals surface area (Å²) in [6.45, 7) is 0. The van der Waals surface area contributed by atoms with Gasteiger partial charge in [-0.05, 0) is 0 Å². The summed E-state index contributed by atoms with van der Waals surface area (Å²) in [6.07, 6.45) is 3.87. The van der Waals surface area contributed by atoms with E-state index in [-0.39, 0.29) is 0 Å². The molecule has 0 unspecified atom stereocenters. The summed E-state index contributed by atoms with van der Waals surface area (Å²) in [5, 5.41) is 0. The molecule has 0 N–H and O–H groups in total. The van der Waals surface area contributed by atoms with Gasteiger partial charge in [-0.3, -0.25) is 0 Å². The van der Waals surface area contributed by atoms with Crippen LogP contribution in [0.2, 0.25) is 11.6 Å². The van der Waals surface area contributed by atoms with E-state index in [4.69, 9.17) is 4.98 Å². The molecule has 0 saturated carbocycles. The Kier molecular flexibility index (Phi) is 2.90. The summed E-state index contributed by atoms with van der Waals surface area (Å²) < 4.78 is 3.39. The van der Waals surface area contributed by atoms with Gasteiger partial charge < -0.3 is 0 Å². The quantitative estimate of drug-likeness (QED) is 0.680. The molecule has 0 atom stereocenters. The maximum absolute atomic E-state index is 4.82. The van der Waals surface area contributed by atoms with E-state index in [0.717, 1.165) is 11.5 Å². The molecule has 0 aliphatic rings. The van der Waals surface area contributed by atoms with Gasteiger partial charge in [0.05, 0.1) is 0 Å². The fourth-order valence-corrected chi connectivity index (χ4v) is 3.78. The van der Waals surface area contributed by atoms with E-state index in [1.54, 1.807) is 0 Å². The molecule has 0 aromatic carbocycles. The van der Waals surface area contributed by atoms with Crippen molar-refractivity contribution in [2.45, 2.75) is 11.6 Å². The van der Waals surface area contributed by atoms with Gasteiger partial charge in [-0.15, -0.1) is 0 Å². The molecule has 0 aliphatic heterocycles. The molecular formula is C14H14N3Se+. The zero-order valence-corrected chi connectivity index (χ0v) is 12.1. The Morgan fingerprint density at radius 1 is 1.06 bits per heavy atom. The topological polar surface area (TPSA) is 30.2 Å². The van der Waals surface area contributed by atoms with Gasteiger partial charge in [0.15, 0.2) is 0 Å². The van der Waals surface area contributed by atoms with Crippen molar-refractivity contribution in [1.82, 2.24) is 14.4 Å². The van der Waals surface area contributed by atoms with Crippen molar-refractivity contribution in [3.63, 3.8) is 0 Å². The SMILES string of the molecule is C[Se+](C)c1nc(-c2ccccn2)n2ccccc12. The molecule has 4 heteroatoms. The number of hydrogen-bond acceptors (Lipinski definition) is 2. The van der Waals surface area contributed by atoms with Gasteiger partial charge in [0, 0.05) is 0 Å². The maximum atomic E-state index is 4.82. The van der Waals surface area contributed by atoms with E-state index in [1.165, 1.54) is 10.1 Å². The molecule has 0 aliphatic carbocycles. The standard InChI is InChI=1S/C14H14N3Se/c1-18(2)14-12-8-4-6-10-17(12)13(16-14)11-7-3-5-9-15-11/h3-10H,1-2H3/q+1. The van der Waals surface area contributed by atoms with Crippen molar-refractivity contribution >= 4 is 24.0 Å². The number of rotatable bonds is 2. The molecule has 0 amide bonds. The van der Waals surface area contributed by atoms with E-state index in [9.17, 15) is 0 Å². The van der Waals surface area contributed by atoms with Crippen LogP contribution in [0.15, 0.2) is 48.8 Å². The first-order valence-electron chi connectivity index (χ1n) is 5.73. The Morgan fingerprint density at radius 3 is 2.61 bits per heavy atom. The van der Waals surface area contributed by atoms with E-state index in [2.05, 4.69) is 39.4 Å². The van der Waals surface area contributed by atoms with Crippen molar-refractivity contribution in [2.75, 3.05) is 0 Å². The molecule has 0 saturated heterocycles. The second-order valence-corrected chi connectivity index (χ2v) is 8.47. The molecule has 3 rings (SSSR count). The number of imidazole rings is 1. The summed E-state index contributed by atoms with van der Waals surface area (Å²) in [5.74, 6) is 5.52. The Morgan fingerprint density at radius 2 is 1.89 bits per heavy atom. The Bertz CT molecular complexity index is 674. The van der Waals surface area contributed by atoms with Gasteiger partial charge in [-0.25, -0.2) is 0 Å². The van der Waals surface area contributed by atoms with Crippen molar-refractivity contribution in [1.29, 1.82) is 0 Å². The molecule has 0 radical (unpaired) electrons. The van der Waals surface area contributed by atoms with E-state index in [0.29, 0.717) is 0 Å². The number of hydrogen-bond donors (Lipinski definition) is 0. The van der Waals surface area contributed by atoms with Gasteiger partial charge in [-0.1, -0.05) is 0 Å². The second-order valence-electron chi connectivity index (χ2n) is 4.23. The fraction of sp³-hybridized carbons (Fsp3) is 0.143. The molecule has 0 fully saturated rings. The van der Waals surface area contributed by atoms with Crippen LogP contribution in [-0.4, -0.2) is 28.3 Å². The second kappa shape index (κ2) is 4.56. The van der Waals surface area contributed by atoms with E-state index in [1.807, 2.05) is 30.5 Å². The van der Waals surface area contributed by atoms with Crippen LogP contribution in [-0.2, 0) is 0 Å². The van der Waals surface area contributed by atoms with Crippen LogP contribution in [0.1, 0.15) is 0 Å². The monoisotopic (exact) mass is 304 g/mol. The Hall–Kier alpha value is -1.64. The van der Waals surface area contributed by atoms with Crippen LogP contribution in [0.25, 0.3) is 17.0 Å². The fourth-order valence-electron chi connectivity index (χ4n) is 1.99. The summed E-state index contributed by atoms with van der Waals surface area (Å²) >= 11 is -0.807. The third-order valence-corrected chi connectivity index (χ3v) is 5.05. The van der Waals surface area contributed by atoms with Gasteiger partial charge in [0.1, 0.15) is 0 Å². The zero-order valence-electron chi connectivity index (χ0n) is 10.4. The molecule has 3 aromatic heterocycles. The molecule has 18 heavy (non-hydrogen) atoms. The van der Waals surface area contributed by atoms with Gasteiger partial charge >= 0.3 is 110 Å². The number of aromatic nitrogens is 3. The number of pyridine rings is 2. The van der Waals surface area contributed by atoms with Crippen LogP contribution in [0.4, 0.5) is 0 Å². The minimum absolute atomic E-state index is 0.807. The predicted octanol–water partition coefficient (Wildman–Crippen LogP) is 2.36. The Balaban J connectivity index is 2.31. The number of nitrogens with zero attached hydrogens (tertiary/aromatic N) is 3. The van der Waals surface area contributed by atoms with Crippen molar-refractivity contribution < 1.29 is 0 Å². The van der Waals surface area contributed by atoms with Crippen LogP contribution in [0.5, 0.6) is 0 Å². The first-order chi connectivity index (χ1) is 8.77. The van der Waals surface area contributed by atoms with Gasteiger partial charge in [0.2, 0.25) is 0 Å². The molecule has 3 nitrogen and oxygen atoms in total. The average molecular weight is 303 g/mol. The van der Waals surface area contributed by atoms with Crippen LogP contribution in [0.3, 0.4) is 0 Å². The molecule has 0 bridgehead atoms. The predicted molar refractivity (Wildman–Crippen MR) is 75.5 cm³/mol. The van der Waals surface area contributed by atoms with E-state index >= 15 is 0 Å². The zero-order chi connectivity index (χ0) is 12.5. The van der Waals surface area contributed by atoms with Crippen LogP contribution < -0.4 is 4.59 Å². The molecule has 3 aromatic rings. The first-order valence-corrected chi connectivity index (χ1v) is 10.0. The third-order valence-electron chi connectivity index (χ3n) is 2.80. The summed E-state index contributed by atoms with van der Waals surface area (Å²) in [6, 6.07) is 12.2.